The van der Waals surface area contributed by atoms with Gasteiger partial charge >= 0.3 is 0 Å². The molecule has 0 fully saturated rings. The molecule has 0 saturated carbocycles. The molecular formula is C15H19ClN4O3. The average molecular weight is 339 g/mol. The van der Waals surface area contributed by atoms with Gasteiger partial charge in [0.05, 0.1) is 12.1 Å². The number of hydrogen-bond donors (Lipinski definition) is 1. The second kappa shape index (κ2) is 7.41. The van der Waals surface area contributed by atoms with Crippen molar-refractivity contribution in [1.82, 2.24) is 20.0 Å². The van der Waals surface area contributed by atoms with Gasteiger partial charge in [-0.1, -0.05) is 30.6 Å². The maximum absolute atomic E-state index is 12.5. The molecule has 0 unspecified atom stereocenters. The number of nitrogens with zero attached hydrogens (tertiary/aromatic N) is 3. The normalized spacial score (nSPS) is 11.0. The Bertz CT molecular complexity index is 738. The van der Waals surface area contributed by atoms with E-state index in [1.54, 1.807) is 4.90 Å². The first kappa shape index (κ1) is 17.2. The number of aromatic amines is 1. The number of pyridine rings is 1. The number of amides is 1. The van der Waals surface area contributed by atoms with E-state index < -0.39 is 5.56 Å². The summed E-state index contributed by atoms with van der Waals surface area (Å²) < 4.78 is 5.17. The quantitative estimate of drug-likeness (QED) is 0.872. The predicted octanol–water partition coefficient (Wildman–Crippen LogP) is 2.27. The molecule has 1 amide bonds. The summed E-state index contributed by atoms with van der Waals surface area (Å²) in [6.45, 7) is 6.66. The molecule has 2 rings (SSSR count). The minimum Gasteiger partial charge on any atom is -0.339 e. The fourth-order valence-electron chi connectivity index (χ4n) is 2.05. The van der Waals surface area contributed by atoms with Crippen LogP contribution in [-0.2, 0) is 13.0 Å². The molecular weight excluding hydrogens is 320 g/mol. The fourth-order valence-corrected chi connectivity index (χ4v) is 2.22. The molecule has 2 aromatic rings. The number of rotatable bonds is 6. The lowest BCUT2D eigenvalue weighted by molar-refractivity contribution is 0.0747. The van der Waals surface area contributed by atoms with E-state index in [4.69, 9.17) is 16.1 Å². The van der Waals surface area contributed by atoms with Crippen molar-refractivity contribution < 1.29 is 9.32 Å². The van der Waals surface area contributed by atoms with Crippen molar-refractivity contribution in [3.8, 4) is 0 Å². The molecule has 8 heteroatoms. The van der Waals surface area contributed by atoms with E-state index >= 15 is 0 Å². The highest BCUT2D eigenvalue weighted by Crippen LogP contribution is 2.11. The summed E-state index contributed by atoms with van der Waals surface area (Å²) in [6, 6.07) is 1.35. The van der Waals surface area contributed by atoms with Gasteiger partial charge in [0.15, 0.2) is 5.82 Å². The van der Waals surface area contributed by atoms with E-state index in [0.717, 1.165) is 0 Å². The topological polar surface area (TPSA) is 92.1 Å². The molecule has 2 aromatic heterocycles. The van der Waals surface area contributed by atoms with Gasteiger partial charge in [0.25, 0.3) is 11.5 Å². The highest BCUT2D eigenvalue weighted by Gasteiger charge is 2.18. The first-order valence-corrected chi connectivity index (χ1v) is 7.77. The first-order valence-electron chi connectivity index (χ1n) is 7.39. The fraction of sp³-hybridized carbons (Fsp3) is 0.467. The number of aromatic nitrogens is 3. The van der Waals surface area contributed by atoms with Crippen LogP contribution in [0.4, 0.5) is 0 Å². The summed E-state index contributed by atoms with van der Waals surface area (Å²) in [5.74, 6) is 1.16. The van der Waals surface area contributed by atoms with Crippen molar-refractivity contribution in [2.24, 2.45) is 5.92 Å². The van der Waals surface area contributed by atoms with Gasteiger partial charge in [-0.25, -0.2) is 0 Å². The van der Waals surface area contributed by atoms with Crippen molar-refractivity contribution in [3.05, 3.63) is 44.9 Å². The van der Waals surface area contributed by atoms with Crippen LogP contribution in [0, 0.1) is 5.92 Å². The molecule has 23 heavy (non-hydrogen) atoms. The number of hydrogen-bond acceptors (Lipinski definition) is 5. The SMILES string of the molecule is CCN(Cc1noc(CC(C)C)n1)C(=O)c1c[nH]c(=O)c(Cl)c1. The third-order valence-electron chi connectivity index (χ3n) is 3.20. The van der Waals surface area contributed by atoms with Crippen LogP contribution in [0.15, 0.2) is 21.6 Å². The van der Waals surface area contributed by atoms with Crippen LogP contribution >= 0.6 is 11.6 Å². The van der Waals surface area contributed by atoms with Gasteiger partial charge in [-0.15, -0.1) is 0 Å². The molecule has 0 aliphatic rings. The minimum atomic E-state index is -0.428. The molecule has 0 aliphatic heterocycles. The maximum atomic E-state index is 12.5. The molecule has 0 aliphatic carbocycles. The largest absolute Gasteiger partial charge is 0.339 e. The second-order valence-corrected chi connectivity index (χ2v) is 5.99. The van der Waals surface area contributed by atoms with Crippen LogP contribution in [0.3, 0.4) is 0 Å². The summed E-state index contributed by atoms with van der Waals surface area (Å²) in [7, 11) is 0. The van der Waals surface area contributed by atoms with E-state index in [1.165, 1.54) is 12.3 Å². The average Bonchev–Trinajstić information content (AvgIpc) is 2.93. The van der Waals surface area contributed by atoms with Crippen LogP contribution < -0.4 is 5.56 Å². The Morgan fingerprint density at radius 3 is 2.83 bits per heavy atom. The van der Waals surface area contributed by atoms with E-state index in [0.29, 0.717) is 36.2 Å². The van der Waals surface area contributed by atoms with Gasteiger partial charge < -0.3 is 14.4 Å². The number of carbonyl (C=O) groups excluding carboxylic acids is 1. The monoisotopic (exact) mass is 338 g/mol. The summed E-state index contributed by atoms with van der Waals surface area (Å²) >= 11 is 5.76. The zero-order valence-electron chi connectivity index (χ0n) is 13.3. The Balaban J connectivity index is 2.12. The van der Waals surface area contributed by atoms with Crippen LogP contribution in [0.1, 0.15) is 42.8 Å². The molecule has 2 heterocycles. The van der Waals surface area contributed by atoms with Gasteiger partial charge in [-0.05, 0) is 18.9 Å². The van der Waals surface area contributed by atoms with E-state index in [9.17, 15) is 9.59 Å². The Morgan fingerprint density at radius 1 is 1.48 bits per heavy atom. The summed E-state index contributed by atoms with van der Waals surface area (Å²) in [4.78, 5) is 32.0. The third kappa shape index (κ3) is 4.41. The van der Waals surface area contributed by atoms with Crippen molar-refractivity contribution >= 4 is 17.5 Å². The number of H-pyrrole nitrogens is 1. The Morgan fingerprint density at radius 2 is 2.22 bits per heavy atom. The molecule has 0 saturated heterocycles. The second-order valence-electron chi connectivity index (χ2n) is 5.59. The van der Waals surface area contributed by atoms with Gasteiger partial charge in [-0.3, -0.25) is 9.59 Å². The molecule has 0 radical (unpaired) electrons. The standard InChI is InChI=1S/C15H19ClN4O3/c1-4-20(8-12-18-13(23-19-12)5-9(2)3)15(22)10-6-11(16)14(21)17-7-10/h6-7,9H,4-5,8H2,1-3H3,(H,17,21). The Hall–Kier alpha value is -2.15. The van der Waals surface area contributed by atoms with Crippen molar-refractivity contribution in [2.75, 3.05) is 6.54 Å². The molecule has 0 aromatic carbocycles. The lowest BCUT2D eigenvalue weighted by Gasteiger charge is -2.18. The van der Waals surface area contributed by atoms with Gasteiger partial charge in [-0.2, -0.15) is 4.98 Å². The van der Waals surface area contributed by atoms with E-state index in [2.05, 4.69) is 29.0 Å². The smallest absolute Gasteiger partial charge is 0.266 e. The highest BCUT2D eigenvalue weighted by atomic mass is 35.5. The molecule has 0 atom stereocenters. The summed E-state index contributed by atoms with van der Waals surface area (Å²) in [5.41, 5.74) is -0.120. The first-order chi connectivity index (χ1) is 10.9. The van der Waals surface area contributed by atoms with Gasteiger partial charge in [0.2, 0.25) is 5.89 Å². The Kier molecular flexibility index (Phi) is 5.54. The minimum absolute atomic E-state index is 0.0225. The number of halogens is 1. The third-order valence-corrected chi connectivity index (χ3v) is 3.48. The van der Waals surface area contributed by atoms with Gasteiger partial charge in [0, 0.05) is 19.2 Å². The highest BCUT2D eigenvalue weighted by molar-refractivity contribution is 6.30. The van der Waals surface area contributed by atoms with E-state index in [-0.39, 0.29) is 17.5 Å². The number of carbonyl (C=O) groups is 1. The Labute approximate surface area is 138 Å². The maximum Gasteiger partial charge on any atom is 0.266 e. The lowest BCUT2D eigenvalue weighted by atomic mass is 10.1. The molecule has 0 bridgehead atoms. The van der Waals surface area contributed by atoms with Crippen molar-refractivity contribution in [2.45, 2.75) is 33.7 Å². The van der Waals surface area contributed by atoms with Crippen LogP contribution in [-0.4, -0.2) is 32.5 Å². The van der Waals surface area contributed by atoms with Crippen molar-refractivity contribution in [3.63, 3.8) is 0 Å². The predicted molar refractivity (Wildman–Crippen MR) is 85.3 cm³/mol. The lowest BCUT2D eigenvalue weighted by Crippen LogP contribution is -2.31. The summed E-state index contributed by atoms with van der Waals surface area (Å²) in [5, 5.41) is 3.88. The van der Waals surface area contributed by atoms with Crippen LogP contribution in [0.25, 0.3) is 0 Å². The summed E-state index contributed by atoms with van der Waals surface area (Å²) in [6.07, 6.45) is 2.04. The zero-order chi connectivity index (χ0) is 17.0. The van der Waals surface area contributed by atoms with Crippen LogP contribution in [0.5, 0.6) is 0 Å². The molecule has 0 spiro atoms. The molecule has 1 N–H and O–H groups in total. The molecule has 7 nitrogen and oxygen atoms in total. The van der Waals surface area contributed by atoms with Crippen LogP contribution in [0.2, 0.25) is 5.02 Å². The van der Waals surface area contributed by atoms with Crippen molar-refractivity contribution in [1.29, 1.82) is 0 Å². The van der Waals surface area contributed by atoms with E-state index in [1.807, 2.05) is 6.92 Å². The zero-order valence-corrected chi connectivity index (χ0v) is 14.1. The van der Waals surface area contributed by atoms with Gasteiger partial charge in [0.1, 0.15) is 5.02 Å². The molecule has 124 valence electrons. The number of nitrogens with one attached hydrogen (secondary N) is 1.